The highest BCUT2D eigenvalue weighted by atomic mass is 32.1. The lowest BCUT2D eigenvalue weighted by molar-refractivity contribution is -0.124. The van der Waals surface area contributed by atoms with E-state index in [1.165, 1.54) is 36.1 Å². The Kier molecular flexibility index (Phi) is 7.37. The molecule has 32 heavy (non-hydrogen) atoms. The smallest absolute Gasteiger partial charge is 0.256 e. The fraction of sp³-hybridized carbons (Fsp3) is 0.273. The average Bonchev–Trinajstić information content (AvgIpc) is 2.99. The van der Waals surface area contributed by atoms with Gasteiger partial charge < -0.3 is 20.3 Å². The predicted molar refractivity (Wildman–Crippen MR) is 122 cm³/mol. The molecule has 0 spiro atoms. The fourth-order valence-electron chi connectivity index (χ4n) is 3.33. The van der Waals surface area contributed by atoms with Gasteiger partial charge in [0.05, 0.1) is 19.2 Å². The van der Waals surface area contributed by atoms with Crippen molar-refractivity contribution in [2.45, 2.75) is 19.4 Å². The fourth-order valence-corrected chi connectivity index (χ4v) is 3.74. The first-order valence-corrected chi connectivity index (χ1v) is 10.3. The molecule has 1 aliphatic rings. The summed E-state index contributed by atoms with van der Waals surface area (Å²) < 4.78 is 18.3. The number of halogens is 1. The van der Waals surface area contributed by atoms with Crippen LogP contribution in [0.1, 0.15) is 13.3 Å². The topological polar surface area (TPSA) is 91.0 Å². The van der Waals surface area contributed by atoms with Gasteiger partial charge in [-0.05, 0) is 60.7 Å². The first-order chi connectivity index (χ1) is 15.3. The first-order valence-electron chi connectivity index (χ1n) is 9.88. The van der Waals surface area contributed by atoms with Crippen LogP contribution in [0.25, 0.3) is 0 Å². The van der Waals surface area contributed by atoms with Crippen molar-refractivity contribution < 1.29 is 23.5 Å². The number of ether oxygens (including phenoxy) is 1. The minimum absolute atomic E-state index is 0.164. The maximum atomic E-state index is 13.3. The molecule has 1 aliphatic heterocycles. The van der Waals surface area contributed by atoms with Gasteiger partial charge in [-0.3, -0.25) is 19.3 Å². The van der Waals surface area contributed by atoms with Crippen molar-refractivity contribution in [3.8, 4) is 5.75 Å². The number of rotatable bonds is 8. The van der Waals surface area contributed by atoms with Crippen molar-refractivity contribution in [1.29, 1.82) is 0 Å². The normalized spacial score (nSPS) is 15.7. The molecule has 1 heterocycles. The van der Waals surface area contributed by atoms with Crippen molar-refractivity contribution in [3.05, 3.63) is 54.3 Å². The van der Waals surface area contributed by atoms with Crippen molar-refractivity contribution >= 4 is 46.4 Å². The summed E-state index contributed by atoms with van der Waals surface area (Å²) in [5, 5.41) is 5.58. The zero-order valence-corrected chi connectivity index (χ0v) is 18.4. The molecule has 0 aromatic heterocycles. The Morgan fingerprint density at radius 1 is 1.12 bits per heavy atom. The molecular weight excluding hydrogens is 435 g/mol. The lowest BCUT2D eigenvalue weighted by Crippen LogP contribution is -2.42. The number of hydrogen-bond acceptors (Lipinski definition) is 5. The second-order valence-corrected chi connectivity index (χ2v) is 7.47. The molecule has 8 nitrogen and oxygen atoms in total. The van der Waals surface area contributed by atoms with E-state index in [0.717, 1.165) is 0 Å². The number of methoxy groups -OCH3 is 1. The summed E-state index contributed by atoms with van der Waals surface area (Å²) in [6.07, 6.45) is -0.164. The number of carbonyl (C=O) groups is 3. The minimum atomic E-state index is -0.848. The Morgan fingerprint density at radius 3 is 2.38 bits per heavy atom. The summed E-state index contributed by atoms with van der Waals surface area (Å²) in [7, 11) is 1.54. The zero-order chi connectivity index (χ0) is 23.3. The molecule has 2 aromatic carbocycles. The van der Waals surface area contributed by atoms with Crippen LogP contribution in [0.3, 0.4) is 0 Å². The highest BCUT2D eigenvalue weighted by molar-refractivity contribution is 7.80. The van der Waals surface area contributed by atoms with Gasteiger partial charge in [-0.25, -0.2) is 4.39 Å². The van der Waals surface area contributed by atoms with E-state index in [1.54, 1.807) is 36.3 Å². The number of nitrogens with zero attached hydrogens (tertiary/aromatic N) is 2. The van der Waals surface area contributed by atoms with Gasteiger partial charge in [0, 0.05) is 25.7 Å². The van der Waals surface area contributed by atoms with Crippen LogP contribution in [0.15, 0.2) is 48.5 Å². The molecule has 3 rings (SSSR count). The van der Waals surface area contributed by atoms with Gasteiger partial charge >= 0.3 is 0 Å². The van der Waals surface area contributed by atoms with E-state index >= 15 is 0 Å². The number of carbonyl (C=O) groups excluding carboxylic acids is 3. The summed E-state index contributed by atoms with van der Waals surface area (Å²) in [5.74, 6) is -0.766. The standard InChI is InChI=1S/C22H23FN4O4S/c1-14(28)24-11-12-26-19(13-20(29)25-16-5-3-15(23)4-6-16)21(30)27(22(26)32)17-7-9-18(31-2)10-8-17/h3-10,19H,11-13H2,1-2H3,(H,24,28)(H,25,29)/t19-/m1/s1. The second kappa shape index (κ2) is 10.2. The molecule has 2 aromatic rings. The Balaban J connectivity index is 1.79. The van der Waals surface area contributed by atoms with Gasteiger partial charge in [-0.1, -0.05) is 0 Å². The monoisotopic (exact) mass is 458 g/mol. The number of amides is 3. The van der Waals surface area contributed by atoms with Crippen LogP contribution in [-0.2, 0) is 14.4 Å². The van der Waals surface area contributed by atoms with Crippen molar-refractivity contribution in [1.82, 2.24) is 10.2 Å². The van der Waals surface area contributed by atoms with Crippen LogP contribution >= 0.6 is 12.2 Å². The Hall–Kier alpha value is -3.53. The molecular formula is C22H23FN4O4S. The molecule has 10 heteroatoms. The molecule has 1 saturated heterocycles. The van der Waals surface area contributed by atoms with Crippen LogP contribution in [0, 0.1) is 5.82 Å². The summed E-state index contributed by atoms with van der Waals surface area (Å²) >= 11 is 5.55. The first kappa shape index (κ1) is 23.1. The van der Waals surface area contributed by atoms with E-state index < -0.39 is 17.8 Å². The molecule has 0 radical (unpaired) electrons. The molecule has 0 saturated carbocycles. The summed E-state index contributed by atoms with van der Waals surface area (Å²) in [6.45, 7) is 1.91. The Bertz CT molecular complexity index is 1010. The molecule has 0 unspecified atom stereocenters. The molecule has 0 aliphatic carbocycles. The van der Waals surface area contributed by atoms with Crippen LogP contribution in [-0.4, -0.2) is 54.0 Å². The van der Waals surface area contributed by atoms with Crippen LogP contribution < -0.4 is 20.3 Å². The highest BCUT2D eigenvalue weighted by Gasteiger charge is 2.43. The quantitative estimate of drug-likeness (QED) is 0.590. The summed E-state index contributed by atoms with van der Waals surface area (Å²) in [6, 6.07) is 11.3. The SMILES string of the molecule is COc1ccc(N2C(=O)[C@@H](CC(=O)Nc3ccc(F)cc3)N(CCNC(C)=O)C2=S)cc1. The highest BCUT2D eigenvalue weighted by Crippen LogP contribution is 2.28. The third-order valence-corrected chi connectivity index (χ3v) is 5.30. The maximum Gasteiger partial charge on any atom is 0.256 e. The van der Waals surface area contributed by atoms with Gasteiger partial charge in [0.1, 0.15) is 17.6 Å². The van der Waals surface area contributed by atoms with Crippen molar-refractivity contribution in [2.75, 3.05) is 30.4 Å². The van der Waals surface area contributed by atoms with Gasteiger partial charge in [-0.2, -0.15) is 0 Å². The molecule has 3 amide bonds. The summed E-state index contributed by atoms with van der Waals surface area (Å²) in [5.41, 5.74) is 0.966. The zero-order valence-electron chi connectivity index (χ0n) is 17.6. The lowest BCUT2D eigenvalue weighted by Gasteiger charge is -2.24. The number of anilines is 2. The van der Waals surface area contributed by atoms with Gasteiger partial charge in [0.15, 0.2) is 5.11 Å². The van der Waals surface area contributed by atoms with E-state index in [9.17, 15) is 18.8 Å². The lowest BCUT2D eigenvalue weighted by atomic mass is 10.1. The summed E-state index contributed by atoms with van der Waals surface area (Å²) in [4.78, 5) is 40.1. The number of hydrogen-bond donors (Lipinski definition) is 2. The number of thiocarbonyl (C=S) groups is 1. The molecule has 2 N–H and O–H groups in total. The predicted octanol–water partition coefficient (Wildman–Crippen LogP) is 2.30. The average molecular weight is 459 g/mol. The van der Waals surface area contributed by atoms with Crippen LogP contribution in [0.2, 0.25) is 0 Å². The maximum absolute atomic E-state index is 13.3. The van der Waals surface area contributed by atoms with Crippen LogP contribution in [0.5, 0.6) is 5.75 Å². The van der Waals surface area contributed by atoms with Gasteiger partial charge in [-0.15, -0.1) is 0 Å². The second-order valence-electron chi connectivity index (χ2n) is 7.11. The minimum Gasteiger partial charge on any atom is -0.497 e. The van der Waals surface area contributed by atoms with Gasteiger partial charge in [0.25, 0.3) is 5.91 Å². The molecule has 168 valence electrons. The molecule has 1 atom stereocenters. The third kappa shape index (κ3) is 5.38. The largest absolute Gasteiger partial charge is 0.497 e. The number of nitrogens with one attached hydrogen (secondary N) is 2. The van der Waals surface area contributed by atoms with E-state index in [-0.39, 0.29) is 36.4 Å². The van der Waals surface area contributed by atoms with Crippen molar-refractivity contribution in [2.24, 2.45) is 0 Å². The Labute approximate surface area is 190 Å². The number of benzene rings is 2. The van der Waals surface area contributed by atoms with Crippen molar-refractivity contribution in [3.63, 3.8) is 0 Å². The van der Waals surface area contributed by atoms with E-state index in [0.29, 0.717) is 17.1 Å². The van der Waals surface area contributed by atoms with Gasteiger partial charge in [0.2, 0.25) is 11.8 Å². The Morgan fingerprint density at radius 2 is 1.78 bits per heavy atom. The van der Waals surface area contributed by atoms with E-state index in [1.807, 2.05) is 0 Å². The molecule has 0 bridgehead atoms. The molecule has 1 fully saturated rings. The third-order valence-electron chi connectivity index (χ3n) is 4.88. The van der Waals surface area contributed by atoms with E-state index in [4.69, 9.17) is 17.0 Å². The van der Waals surface area contributed by atoms with E-state index in [2.05, 4.69) is 10.6 Å². The van der Waals surface area contributed by atoms with Crippen LogP contribution in [0.4, 0.5) is 15.8 Å².